The number of benzene rings is 1. The minimum absolute atomic E-state index is 0.00283. The molecule has 140 valence electrons. The molecule has 0 atom stereocenters. The lowest BCUT2D eigenvalue weighted by molar-refractivity contribution is 0.0529. The number of anilines is 1. The molecule has 0 saturated carbocycles. The molecule has 0 fully saturated rings. The summed E-state index contributed by atoms with van der Waals surface area (Å²) in [4.78, 5) is 26.9. The van der Waals surface area contributed by atoms with Crippen LogP contribution in [0.3, 0.4) is 0 Å². The number of aryl methyl sites for hydroxylation is 1. The Kier molecular flexibility index (Phi) is 5.94. The zero-order valence-electron chi connectivity index (χ0n) is 14.5. The lowest BCUT2D eigenvalue weighted by Gasteiger charge is -2.09. The van der Waals surface area contributed by atoms with Gasteiger partial charge in [0.05, 0.1) is 17.2 Å². The van der Waals surface area contributed by atoms with Crippen molar-refractivity contribution in [3.05, 3.63) is 62.6 Å². The number of hydrogen-bond acceptors (Lipinski definition) is 5. The molecule has 0 aliphatic carbocycles. The molecule has 1 N–H and O–H groups in total. The summed E-state index contributed by atoms with van der Waals surface area (Å²) in [6.45, 7) is 3.76. The number of halogens is 2. The summed E-state index contributed by atoms with van der Waals surface area (Å²) in [7, 11) is 0. The van der Waals surface area contributed by atoms with E-state index in [1.807, 2.05) is 24.4 Å². The number of esters is 1. The zero-order chi connectivity index (χ0) is 19.6. The van der Waals surface area contributed by atoms with Crippen LogP contribution in [0.25, 0.3) is 10.4 Å². The van der Waals surface area contributed by atoms with E-state index in [9.17, 15) is 14.0 Å². The van der Waals surface area contributed by atoms with E-state index < -0.39 is 17.7 Å². The standard InChI is InChI=1S/C19H15ClFNO3S2/c1-3-25-19(24)16-14(13-8-5-9-26-13)10(2)27-18(16)22-17(23)15-11(20)6-4-7-12(15)21/h4-9H,3H2,1-2H3,(H,22,23). The van der Waals surface area contributed by atoms with E-state index in [1.165, 1.54) is 34.8 Å². The highest BCUT2D eigenvalue weighted by Gasteiger charge is 2.27. The molecule has 0 spiro atoms. The van der Waals surface area contributed by atoms with Gasteiger partial charge in [0.15, 0.2) is 0 Å². The minimum Gasteiger partial charge on any atom is -0.462 e. The Morgan fingerprint density at radius 3 is 2.63 bits per heavy atom. The summed E-state index contributed by atoms with van der Waals surface area (Å²) < 4.78 is 19.2. The van der Waals surface area contributed by atoms with Crippen LogP contribution >= 0.6 is 34.3 Å². The summed E-state index contributed by atoms with van der Waals surface area (Å²) in [5.41, 5.74) is 0.712. The van der Waals surface area contributed by atoms with Gasteiger partial charge in [0.25, 0.3) is 5.91 Å². The van der Waals surface area contributed by atoms with Crippen molar-refractivity contribution >= 4 is 51.2 Å². The number of carbonyl (C=O) groups is 2. The van der Waals surface area contributed by atoms with Gasteiger partial charge in [-0.25, -0.2) is 9.18 Å². The second-order valence-corrected chi connectivity index (χ2v) is 8.07. The predicted molar refractivity (Wildman–Crippen MR) is 108 cm³/mol. The lowest BCUT2D eigenvalue weighted by atomic mass is 10.1. The van der Waals surface area contributed by atoms with E-state index in [1.54, 1.807) is 6.92 Å². The number of thiophene rings is 2. The van der Waals surface area contributed by atoms with E-state index in [2.05, 4.69) is 5.32 Å². The molecule has 0 unspecified atom stereocenters. The van der Waals surface area contributed by atoms with Crippen LogP contribution in [-0.2, 0) is 4.74 Å². The fourth-order valence-corrected chi connectivity index (χ4v) is 4.83. The quantitative estimate of drug-likeness (QED) is 0.511. The first-order valence-corrected chi connectivity index (χ1v) is 10.1. The van der Waals surface area contributed by atoms with Crippen LogP contribution in [0.2, 0.25) is 5.02 Å². The second-order valence-electron chi connectivity index (χ2n) is 5.49. The maximum Gasteiger partial charge on any atom is 0.341 e. The largest absolute Gasteiger partial charge is 0.462 e. The molecule has 2 heterocycles. The molecule has 0 saturated heterocycles. The smallest absolute Gasteiger partial charge is 0.341 e. The van der Waals surface area contributed by atoms with Gasteiger partial charge in [-0.2, -0.15) is 0 Å². The van der Waals surface area contributed by atoms with Crippen LogP contribution in [-0.4, -0.2) is 18.5 Å². The van der Waals surface area contributed by atoms with Crippen LogP contribution < -0.4 is 5.32 Å². The lowest BCUT2D eigenvalue weighted by Crippen LogP contribution is -2.16. The number of amides is 1. The molecule has 27 heavy (non-hydrogen) atoms. The summed E-state index contributed by atoms with van der Waals surface area (Å²) in [5.74, 6) is -1.99. The van der Waals surface area contributed by atoms with E-state index in [0.717, 1.165) is 15.8 Å². The van der Waals surface area contributed by atoms with Gasteiger partial charge in [-0.05, 0) is 37.4 Å². The van der Waals surface area contributed by atoms with Crippen molar-refractivity contribution in [2.75, 3.05) is 11.9 Å². The maximum atomic E-state index is 14.1. The highest BCUT2D eigenvalue weighted by atomic mass is 35.5. The summed E-state index contributed by atoms with van der Waals surface area (Å²) >= 11 is 8.69. The van der Waals surface area contributed by atoms with Crippen molar-refractivity contribution < 1.29 is 18.7 Å². The number of hydrogen-bond donors (Lipinski definition) is 1. The Labute approximate surface area is 168 Å². The molecular formula is C19H15ClFNO3S2. The molecule has 0 radical (unpaired) electrons. The average Bonchev–Trinajstić information content (AvgIpc) is 3.22. The molecular weight excluding hydrogens is 409 g/mol. The fraction of sp³-hybridized carbons (Fsp3) is 0.158. The zero-order valence-corrected chi connectivity index (χ0v) is 16.9. The van der Waals surface area contributed by atoms with Gasteiger partial charge in [-0.15, -0.1) is 22.7 Å². The van der Waals surface area contributed by atoms with Gasteiger partial charge in [-0.1, -0.05) is 23.7 Å². The predicted octanol–water partition coefficient (Wildman–Crippen LogP) is 6.01. The van der Waals surface area contributed by atoms with Crippen molar-refractivity contribution in [3.8, 4) is 10.4 Å². The van der Waals surface area contributed by atoms with Crippen molar-refractivity contribution in [1.82, 2.24) is 0 Å². The molecule has 0 aliphatic rings. The molecule has 3 rings (SSSR count). The number of ether oxygens (including phenoxy) is 1. The normalized spacial score (nSPS) is 10.7. The van der Waals surface area contributed by atoms with E-state index >= 15 is 0 Å². The van der Waals surface area contributed by atoms with Crippen LogP contribution in [0.5, 0.6) is 0 Å². The topological polar surface area (TPSA) is 55.4 Å². The van der Waals surface area contributed by atoms with Crippen LogP contribution in [0.1, 0.15) is 32.5 Å². The second kappa shape index (κ2) is 8.21. The molecule has 1 aromatic carbocycles. The Balaban J connectivity index is 2.06. The molecule has 4 nitrogen and oxygen atoms in total. The molecule has 1 amide bonds. The van der Waals surface area contributed by atoms with Gasteiger partial charge < -0.3 is 10.1 Å². The van der Waals surface area contributed by atoms with Crippen molar-refractivity contribution in [1.29, 1.82) is 0 Å². The third kappa shape index (κ3) is 3.90. The van der Waals surface area contributed by atoms with Crippen LogP contribution in [0.4, 0.5) is 9.39 Å². The average molecular weight is 424 g/mol. The SMILES string of the molecule is CCOC(=O)c1c(NC(=O)c2c(F)cccc2Cl)sc(C)c1-c1cccs1. The molecule has 0 aliphatic heterocycles. The van der Waals surface area contributed by atoms with Crippen molar-refractivity contribution in [2.45, 2.75) is 13.8 Å². The first-order chi connectivity index (χ1) is 12.9. The minimum atomic E-state index is -0.732. The van der Waals surface area contributed by atoms with E-state index in [4.69, 9.17) is 16.3 Å². The molecule has 2 aromatic heterocycles. The van der Waals surface area contributed by atoms with Gasteiger partial charge in [0.1, 0.15) is 16.4 Å². The fourth-order valence-electron chi connectivity index (χ4n) is 2.63. The molecule has 3 aromatic rings. The van der Waals surface area contributed by atoms with Crippen molar-refractivity contribution in [3.63, 3.8) is 0 Å². The van der Waals surface area contributed by atoms with Gasteiger partial charge in [0.2, 0.25) is 0 Å². The Bertz CT molecular complexity index is 979. The number of carbonyl (C=O) groups excluding carboxylic acids is 2. The highest BCUT2D eigenvalue weighted by Crippen LogP contribution is 2.42. The Hall–Kier alpha value is -2.22. The van der Waals surface area contributed by atoms with Gasteiger partial charge >= 0.3 is 5.97 Å². The van der Waals surface area contributed by atoms with E-state index in [-0.39, 0.29) is 22.8 Å². The van der Waals surface area contributed by atoms with E-state index in [0.29, 0.717) is 10.6 Å². The Morgan fingerprint density at radius 1 is 1.22 bits per heavy atom. The van der Waals surface area contributed by atoms with Crippen molar-refractivity contribution in [2.24, 2.45) is 0 Å². The number of rotatable bonds is 5. The number of nitrogens with one attached hydrogen (secondary N) is 1. The van der Waals surface area contributed by atoms with Gasteiger partial charge in [0, 0.05) is 15.3 Å². The van der Waals surface area contributed by atoms with Crippen LogP contribution in [0, 0.1) is 12.7 Å². The Morgan fingerprint density at radius 2 is 2.00 bits per heavy atom. The molecule has 0 bridgehead atoms. The highest BCUT2D eigenvalue weighted by molar-refractivity contribution is 7.18. The third-order valence-electron chi connectivity index (χ3n) is 3.75. The summed E-state index contributed by atoms with van der Waals surface area (Å²) in [6, 6.07) is 7.78. The van der Waals surface area contributed by atoms with Gasteiger partial charge in [-0.3, -0.25) is 4.79 Å². The van der Waals surface area contributed by atoms with Crippen LogP contribution in [0.15, 0.2) is 35.7 Å². The summed E-state index contributed by atoms with van der Waals surface area (Å²) in [6.07, 6.45) is 0. The summed E-state index contributed by atoms with van der Waals surface area (Å²) in [5, 5.41) is 4.83. The third-order valence-corrected chi connectivity index (χ3v) is 5.97. The first kappa shape index (κ1) is 19.5. The molecule has 8 heteroatoms. The monoisotopic (exact) mass is 423 g/mol. The first-order valence-electron chi connectivity index (χ1n) is 8.03. The maximum absolute atomic E-state index is 14.1.